The van der Waals surface area contributed by atoms with Crippen molar-refractivity contribution in [3.8, 4) is 0 Å². The maximum atomic E-state index is 12.3. The van der Waals surface area contributed by atoms with Crippen molar-refractivity contribution in [1.82, 2.24) is 14.6 Å². The number of hydrogen-bond donors (Lipinski definition) is 1. The zero-order valence-electron chi connectivity index (χ0n) is 21.7. The molecule has 0 bridgehead atoms. The average Bonchev–Trinajstić information content (AvgIpc) is 3.35. The minimum atomic E-state index is -0.0956. The number of anilines is 1. The lowest BCUT2D eigenvalue weighted by atomic mass is 9.75. The second-order valence-corrected chi connectivity index (χ2v) is 12.1. The number of hydrogen-bond acceptors (Lipinski definition) is 5. The van der Waals surface area contributed by atoms with E-state index < -0.39 is 0 Å². The number of nitrogens with one attached hydrogen (secondary N) is 1. The Kier molecular flexibility index (Phi) is 6.39. The third-order valence-corrected chi connectivity index (χ3v) is 9.11. The Labute approximate surface area is 213 Å². The molecule has 1 N–H and O–H groups in total. The zero-order chi connectivity index (χ0) is 24.8. The van der Waals surface area contributed by atoms with Crippen LogP contribution >= 0.6 is 11.5 Å². The summed E-state index contributed by atoms with van der Waals surface area (Å²) in [7, 11) is 0. The highest BCUT2D eigenvalue weighted by Crippen LogP contribution is 2.49. The standard InChI is InChI=1S/C29H38N4OS/c1-6-25(34)30-27-28(2,3)22-12-11-20(19-23(22)29(27,4)5)13-14-32-15-17-33(18-16-32)26-21-9-7-8-10-24(21)35-31-26/h7-12,19,27H,6,13-18H2,1-5H3,(H,30,34). The summed E-state index contributed by atoms with van der Waals surface area (Å²) in [6.07, 6.45) is 1.58. The summed E-state index contributed by atoms with van der Waals surface area (Å²) in [5.41, 5.74) is 3.97. The molecule has 6 heteroatoms. The summed E-state index contributed by atoms with van der Waals surface area (Å²) in [4.78, 5) is 17.3. The van der Waals surface area contributed by atoms with Gasteiger partial charge in [0.25, 0.3) is 0 Å². The fraction of sp³-hybridized carbons (Fsp3) is 0.517. The lowest BCUT2D eigenvalue weighted by Gasteiger charge is -2.36. The minimum absolute atomic E-state index is 0.0849. The molecule has 2 aliphatic rings. The van der Waals surface area contributed by atoms with Crippen LogP contribution in [0.25, 0.3) is 10.1 Å². The number of benzene rings is 2. The summed E-state index contributed by atoms with van der Waals surface area (Å²) in [5.74, 6) is 1.28. The van der Waals surface area contributed by atoms with Crippen LogP contribution in [0.4, 0.5) is 5.82 Å². The molecule has 1 atom stereocenters. The van der Waals surface area contributed by atoms with Crippen LogP contribution in [0.5, 0.6) is 0 Å². The number of aromatic nitrogens is 1. The Balaban J connectivity index is 1.23. The fourth-order valence-corrected chi connectivity index (χ4v) is 7.05. The monoisotopic (exact) mass is 490 g/mol. The normalized spacial score (nSPS) is 21.3. The van der Waals surface area contributed by atoms with E-state index in [4.69, 9.17) is 4.37 Å². The topological polar surface area (TPSA) is 48.5 Å². The van der Waals surface area contributed by atoms with E-state index in [0.29, 0.717) is 6.42 Å². The van der Waals surface area contributed by atoms with Gasteiger partial charge in [0, 0.05) is 61.4 Å². The smallest absolute Gasteiger partial charge is 0.219 e. The maximum Gasteiger partial charge on any atom is 0.219 e. The van der Waals surface area contributed by atoms with E-state index in [1.807, 2.05) is 6.92 Å². The van der Waals surface area contributed by atoms with E-state index in [9.17, 15) is 4.79 Å². The Hall–Kier alpha value is -2.44. The van der Waals surface area contributed by atoms with E-state index in [1.54, 1.807) is 11.5 Å². The maximum absolute atomic E-state index is 12.3. The van der Waals surface area contributed by atoms with Crippen LogP contribution in [0.15, 0.2) is 42.5 Å². The summed E-state index contributed by atoms with van der Waals surface area (Å²) in [6, 6.07) is 15.7. The van der Waals surface area contributed by atoms with Gasteiger partial charge in [-0.2, -0.15) is 4.37 Å². The van der Waals surface area contributed by atoms with Crippen LogP contribution in [0, 0.1) is 0 Å². The average molecular weight is 491 g/mol. The second-order valence-electron chi connectivity index (χ2n) is 11.3. The quantitative estimate of drug-likeness (QED) is 0.521. The van der Waals surface area contributed by atoms with Crippen molar-refractivity contribution < 1.29 is 4.79 Å². The molecule has 5 nitrogen and oxygen atoms in total. The highest BCUT2D eigenvalue weighted by atomic mass is 32.1. The van der Waals surface area contributed by atoms with Gasteiger partial charge in [-0.15, -0.1) is 0 Å². The van der Waals surface area contributed by atoms with E-state index in [2.05, 4.69) is 85.3 Å². The van der Waals surface area contributed by atoms with Crippen molar-refractivity contribution in [1.29, 1.82) is 0 Å². The summed E-state index contributed by atoms with van der Waals surface area (Å²) < 4.78 is 6.02. The molecule has 1 aliphatic carbocycles. The Morgan fingerprint density at radius 3 is 2.49 bits per heavy atom. The molecule has 1 saturated heterocycles. The second kappa shape index (κ2) is 9.21. The summed E-state index contributed by atoms with van der Waals surface area (Å²) in [6.45, 7) is 16.3. The molecule has 1 fully saturated rings. The van der Waals surface area contributed by atoms with Gasteiger partial charge < -0.3 is 10.2 Å². The number of fused-ring (bicyclic) bond motifs is 2. The molecule has 5 rings (SSSR count). The number of rotatable bonds is 6. The van der Waals surface area contributed by atoms with E-state index in [0.717, 1.165) is 45.0 Å². The molecule has 1 aromatic heterocycles. The van der Waals surface area contributed by atoms with E-state index in [1.165, 1.54) is 26.8 Å². The van der Waals surface area contributed by atoms with Crippen LogP contribution in [-0.4, -0.2) is 53.9 Å². The molecular formula is C29H38N4OS. The molecule has 2 heterocycles. The first kappa shape index (κ1) is 24.3. The first-order chi connectivity index (χ1) is 16.7. The fourth-order valence-electron chi connectivity index (χ4n) is 6.25. The van der Waals surface area contributed by atoms with Crippen LogP contribution in [0.3, 0.4) is 0 Å². The van der Waals surface area contributed by atoms with Crippen LogP contribution in [0.2, 0.25) is 0 Å². The molecule has 1 aliphatic heterocycles. The predicted octanol–water partition coefficient (Wildman–Crippen LogP) is 5.12. The van der Waals surface area contributed by atoms with Crippen LogP contribution < -0.4 is 10.2 Å². The molecule has 2 aromatic carbocycles. The van der Waals surface area contributed by atoms with Crippen molar-refractivity contribution in [3.05, 3.63) is 59.2 Å². The third-order valence-electron chi connectivity index (χ3n) is 8.29. The van der Waals surface area contributed by atoms with Crippen molar-refractivity contribution in [2.75, 3.05) is 37.6 Å². The SMILES string of the molecule is CCC(=O)NC1C(C)(C)c2ccc(CCN3CCN(c4nsc5ccccc45)CC3)cc2C1(C)C. The van der Waals surface area contributed by atoms with Crippen molar-refractivity contribution >= 4 is 33.3 Å². The lowest BCUT2D eigenvalue weighted by molar-refractivity contribution is -0.122. The van der Waals surface area contributed by atoms with Gasteiger partial charge in [0.1, 0.15) is 5.82 Å². The lowest BCUT2D eigenvalue weighted by Crippen LogP contribution is -2.52. The molecule has 186 valence electrons. The highest BCUT2D eigenvalue weighted by molar-refractivity contribution is 7.13. The largest absolute Gasteiger partial charge is 0.353 e. The van der Waals surface area contributed by atoms with Gasteiger partial charge in [-0.05, 0) is 46.8 Å². The van der Waals surface area contributed by atoms with Crippen molar-refractivity contribution in [2.24, 2.45) is 0 Å². The van der Waals surface area contributed by atoms with Gasteiger partial charge in [-0.25, -0.2) is 0 Å². The Morgan fingerprint density at radius 2 is 1.74 bits per heavy atom. The molecule has 0 saturated carbocycles. The molecule has 1 amide bonds. The summed E-state index contributed by atoms with van der Waals surface area (Å²) >= 11 is 1.60. The number of carbonyl (C=O) groups excluding carboxylic acids is 1. The zero-order valence-corrected chi connectivity index (χ0v) is 22.5. The number of nitrogens with zero attached hydrogens (tertiary/aromatic N) is 3. The number of amides is 1. The van der Waals surface area contributed by atoms with Gasteiger partial charge in [0.15, 0.2) is 0 Å². The van der Waals surface area contributed by atoms with E-state index >= 15 is 0 Å². The molecule has 0 radical (unpaired) electrons. The number of piperazine rings is 1. The van der Waals surface area contributed by atoms with Gasteiger partial charge >= 0.3 is 0 Å². The molecule has 3 aromatic rings. The van der Waals surface area contributed by atoms with Gasteiger partial charge in [-0.1, -0.05) is 65.0 Å². The first-order valence-electron chi connectivity index (χ1n) is 13.0. The highest BCUT2D eigenvalue weighted by Gasteiger charge is 2.51. The Morgan fingerprint density at radius 1 is 1.03 bits per heavy atom. The summed E-state index contributed by atoms with van der Waals surface area (Å²) in [5, 5.41) is 4.61. The van der Waals surface area contributed by atoms with Crippen molar-refractivity contribution in [3.63, 3.8) is 0 Å². The Bertz CT molecular complexity index is 1220. The number of carbonyl (C=O) groups is 1. The van der Waals surface area contributed by atoms with Gasteiger partial charge in [-0.3, -0.25) is 9.69 Å². The van der Waals surface area contributed by atoms with E-state index in [-0.39, 0.29) is 22.8 Å². The van der Waals surface area contributed by atoms with Gasteiger partial charge in [0.05, 0.1) is 4.70 Å². The molecule has 1 unspecified atom stereocenters. The van der Waals surface area contributed by atoms with Crippen LogP contribution in [-0.2, 0) is 22.0 Å². The molecule has 35 heavy (non-hydrogen) atoms. The first-order valence-corrected chi connectivity index (χ1v) is 13.7. The van der Waals surface area contributed by atoms with Crippen LogP contribution in [0.1, 0.15) is 57.7 Å². The molecular weight excluding hydrogens is 452 g/mol. The van der Waals surface area contributed by atoms with Gasteiger partial charge in [0.2, 0.25) is 5.91 Å². The van der Waals surface area contributed by atoms with Crippen molar-refractivity contribution in [2.45, 2.75) is 64.3 Å². The molecule has 0 spiro atoms. The minimum Gasteiger partial charge on any atom is -0.353 e. The predicted molar refractivity (Wildman–Crippen MR) is 147 cm³/mol. The third kappa shape index (κ3) is 4.36.